The highest BCUT2D eigenvalue weighted by atomic mass is 19.4. The Labute approximate surface area is 133 Å². The molecule has 10 heteroatoms. The van der Waals surface area contributed by atoms with Crippen LogP contribution in [0.5, 0.6) is 5.75 Å². The molecule has 0 saturated heterocycles. The van der Waals surface area contributed by atoms with E-state index in [4.69, 9.17) is 15.2 Å². The highest BCUT2D eigenvalue weighted by Gasteiger charge is 2.31. The first-order valence-electron chi connectivity index (χ1n) is 6.71. The fourth-order valence-electron chi connectivity index (χ4n) is 2.19. The summed E-state index contributed by atoms with van der Waals surface area (Å²) in [4.78, 5) is 0. The number of nitrogens with zero attached hydrogens (tertiary/aromatic N) is 4. The minimum absolute atomic E-state index is 0.0335. The molecule has 3 aromatic rings. The number of fused-ring (bicyclic) bond motifs is 1. The van der Waals surface area contributed by atoms with Crippen LogP contribution in [0.25, 0.3) is 16.8 Å². The highest BCUT2D eigenvalue weighted by molar-refractivity contribution is 5.81. The van der Waals surface area contributed by atoms with E-state index in [0.29, 0.717) is 16.8 Å². The Morgan fingerprint density at radius 1 is 1.21 bits per heavy atom. The van der Waals surface area contributed by atoms with Crippen molar-refractivity contribution < 1.29 is 22.6 Å². The number of hydrogen-bond acceptors (Lipinski definition) is 6. The lowest BCUT2D eigenvalue weighted by molar-refractivity contribution is -0.137. The molecule has 2 N–H and O–H groups in total. The van der Waals surface area contributed by atoms with E-state index in [0.717, 1.165) is 12.1 Å². The monoisotopic (exact) mass is 339 g/mol. The molecule has 0 spiro atoms. The minimum atomic E-state index is -4.50. The summed E-state index contributed by atoms with van der Waals surface area (Å²) in [7, 11) is 1.37. The first kappa shape index (κ1) is 16.0. The van der Waals surface area contributed by atoms with Gasteiger partial charge in [-0.25, -0.2) is 0 Å². The zero-order valence-corrected chi connectivity index (χ0v) is 12.4. The topological polar surface area (TPSA) is 87.6 Å². The van der Waals surface area contributed by atoms with Crippen LogP contribution in [0.2, 0.25) is 0 Å². The van der Waals surface area contributed by atoms with Gasteiger partial charge >= 0.3 is 6.18 Å². The molecule has 0 aliphatic carbocycles. The largest absolute Gasteiger partial charge is 0.467 e. The minimum Gasteiger partial charge on any atom is -0.467 e. The van der Waals surface area contributed by atoms with Crippen LogP contribution < -0.4 is 10.5 Å². The average molecular weight is 339 g/mol. The summed E-state index contributed by atoms with van der Waals surface area (Å²) in [5.74, 6) is 0.0267. The van der Waals surface area contributed by atoms with E-state index in [1.807, 2.05) is 0 Å². The van der Waals surface area contributed by atoms with Crippen molar-refractivity contribution >= 4 is 11.5 Å². The van der Waals surface area contributed by atoms with Crippen LogP contribution in [0.15, 0.2) is 30.5 Å². The second kappa shape index (κ2) is 5.96. The number of ether oxygens (including phenoxy) is 2. The van der Waals surface area contributed by atoms with Gasteiger partial charge in [0.2, 0.25) is 5.95 Å². The molecule has 0 atom stereocenters. The van der Waals surface area contributed by atoms with Gasteiger partial charge in [0, 0.05) is 12.7 Å². The molecule has 2 aromatic heterocycles. The number of aromatic nitrogens is 4. The van der Waals surface area contributed by atoms with Crippen LogP contribution in [0.3, 0.4) is 0 Å². The van der Waals surface area contributed by atoms with Gasteiger partial charge < -0.3 is 15.2 Å². The molecule has 126 valence electrons. The molecule has 0 aliphatic heterocycles. The summed E-state index contributed by atoms with van der Waals surface area (Å²) in [6.07, 6.45) is -3.01. The first-order valence-corrected chi connectivity index (χ1v) is 6.71. The Balaban J connectivity index is 2.18. The molecular weight excluding hydrogens is 327 g/mol. The number of rotatable bonds is 4. The Morgan fingerprint density at radius 2 is 2.00 bits per heavy atom. The van der Waals surface area contributed by atoms with E-state index < -0.39 is 11.7 Å². The van der Waals surface area contributed by atoms with Crippen LogP contribution in [-0.2, 0) is 10.9 Å². The average Bonchev–Trinajstić information content (AvgIpc) is 3.03. The molecule has 0 amide bonds. The lowest BCUT2D eigenvalue weighted by Gasteiger charge is -2.14. The lowest BCUT2D eigenvalue weighted by Crippen LogP contribution is -2.09. The lowest BCUT2D eigenvalue weighted by atomic mass is 10.1. The predicted octanol–water partition coefficient (Wildman–Crippen LogP) is 2.38. The molecule has 1 aromatic carbocycles. The van der Waals surface area contributed by atoms with E-state index in [1.165, 1.54) is 23.9 Å². The fourth-order valence-corrected chi connectivity index (χ4v) is 2.19. The standard InChI is InChI=1S/C14H12F3N5O2/c1-23-7-24-11-6-8(14(15,16)17)2-3-9(11)12-10-4-5-19-22(10)13(18)21-20-12/h2-6H,7H2,1H3,(H2,18,21). The van der Waals surface area contributed by atoms with Crippen LogP contribution in [0, 0.1) is 0 Å². The van der Waals surface area contributed by atoms with E-state index >= 15 is 0 Å². The molecule has 3 rings (SSSR count). The molecular formula is C14H12F3N5O2. The Bertz CT molecular complexity index is 878. The van der Waals surface area contributed by atoms with Gasteiger partial charge in [-0.3, -0.25) is 0 Å². The molecule has 0 saturated carbocycles. The second-order valence-corrected chi connectivity index (χ2v) is 4.79. The van der Waals surface area contributed by atoms with E-state index in [2.05, 4.69) is 15.3 Å². The van der Waals surface area contributed by atoms with Gasteiger partial charge in [-0.15, -0.1) is 10.2 Å². The van der Waals surface area contributed by atoms with Crippen LogP contribution >= 0.6 is 0 Å². The van der Waals surface area contributed by atoms with Crippen molar-refractivity contribution in [2.75, 3.05) is 19.6 Å². The third-order valence-electron chi connectivity index (χ3n) is 3.25. The van der Waals surface area contributed by atoms with Gasteiger partial charge in [0.1, 0.15) is 11.4 Å². The third-order valence-corrected chi connectivity index (χ3v) is 3.25. The molecule has 0 radical (unpaired) electrons. The van der Waals surface area contributed by atoms with Gasteiger partial charge in [0.25, 0.3) is 0 Å². The SMILES string of the molecule is COCOc1cc(C(F)(F)F)ccc1-c1nnc(N)n2nccc12. The van der Waals surface area contributed by atoms with Crippen LogP contribution in [0.1, 0.15) is 5.56 Å². The zero-order chi connectivity index (χ0) is 17.3. The second-order valence-electron chi connectivity index (χ2n) is 4.79. The maximum Gasteiger partial charge on any atom is 0.416 e. The van der Waals surface area contributed by atoms with Gasteiger partial charge in [-0.1, -0.05) is 0 Å². The summed E-state index contributed by atoms with van der Waals surface area (Å²) < 4.78 is 50.2. The van der Waals surface area contributed by atoms with Crippen molar-refractivity contribution in [1.82, 2.24) is 19.8 Å². The Morgan fingerprint density at radius 3 is 2.71 bits per heavy atom. The molecule has 2 heterocycles. The number of nitrogen functional groups attached to an aromatic ring is 1. The molecule has 0 bridgehead atoms. The van der Waals surface area contributed by atoms with Crippen molar-refractivity contribution in [3.05, 3.63) is 36.0 Å². The molecule has 24 heavy (non-hydrogen) atoms. The van der Waals surface area contributed by atoms with Crippen LogP contribution in [0.4, 0.5) is 19.1 Å². The third kappa shape index (κ3) is 2.83. The smallest absolute Gasteiger partial charge is 0.416 e. The number of anilines is 1. The summed E-state index contributed by atoms with van der Waals surface area (Å²) in [6, 6.07) is 4.72. The fraction of sp³-hybridized carbons (Fsp3) is 0.214. The van der Waals surface area contributed by atoms with Gasteiger partial charge in [0.15, 0.2) is 6.79 Å². The van der Waals surface area contributed by atoms with Crippen molar-refractivity contribution in [3.8, 4) is 17.0 Å². The van der Waals surface area contributed by atoms with Crippen molar-refractivity contribution in [2.45, 2.75) is 6.18 Å². The van der Waals surface area contributed by atoms with Gasteiger partial charge in [0.05, 0.1) is 17.3 Å². The predicted molar refractivity (Wildman–Crippen MR) is 78.1 cm³/mol. The number of benzene rings is 1. The molecule has 0 aliphatic rings. The van der Waals surface area contributed by atoms with Crippen molar-refractivity contribution in [3.63, 3.8) is 0 Å². The van der Waals surface area contributed by atoms with Gasteiger partial charge in [-0.2, -0.15) is 22.8 Å². The summed E-state index contributed by atoms with van der Waals surface area (Å²) in [6.45, 7) is -0.216. The van der Waals surface area contributed by atoms with Crippen molar-refractivity contribution in [1.29, 1.82) is 0 Å². The normalized spacial score (nSPS) is 11.8. The number of halogens is 3. The summed E-state index contributed by atoms with van der Waals surface area (Å²) in [5, 5.41) is 11.7. The number of nitrogens with two attached hydrogens (primary N) is 1. The quantitative estimate of drug-likeness (QED) is 0.734. The molecule has 0 unspecified atom stereocenters. The van der Waals surface area contributed by atoms with Crippen LogP contribution in [-0.4, -0.2) is 33.7 Å². The number of alkyl halides is 3. The Hall–Kier alpha value is -2.88. The first-order chi connectivity index (χ1) is 11.4. The number of hydrogen-bond donors (Lipinski definition) is 1. The molecule has 7 nitrogen and oxygen atoms in total. The van der Waals surface area contributed by atoms with E-state index in [-0.39, 0.29) is 18.5 Å². The number of methoxy groups -OCH3 is 1. The van der Waals surface area contributed by atoms with Gasteiger partial charge in [-0.05, 0) is 24.3 Å². The maximum atomic E-state index is 12.9. The van der Waals surface area contributed by atoms with Crippen molar-refractivity contribution in [2.24, 2.45) is 0 Å². The zero-order valence-electron chi connectivity index (χ0n) is 12.4. The van der Waals surface area contributed by atoms with E-state index in [9.17, 15) is 13.2 Å². The maximum absolute atomic E-state index is 12.9. The summed E-state index contributed by atoms with van der Waals surface area (Å²) in [5.41, 5.74) is 5.93. The highest BCUT2D eigenvalue weighted by Crippen LogP contribution is 2.37. The van der Waals surface area contributed by atoms with E-state index in [1.54, 1.807) is 6.07 Å². The Kier molecular flexibility index (Phi) is 3.97. The molecule has 0 fully saturated rings. The summed E-state index contributed by atoms with van der Waals surface area (Å²) >= 11 is 0.